The Morgan fingerprint density at radius 1 is 1.31 bits per heavy atom. The second-order valence-electron chi connectivity index (χ2n) is 6.94. The highest BCUT2D eigenvalue weighted by Crippen LogP contribution is 2.28. The molecule has 0 radical (unpaired) electrons. The van der Waals surface area contributed by atoms with Gasteiger partial charge < -0.3 is 20.5 Å². The van der Waals surface area contributed by atoms with Gasteiger partial charge in [-0.3, -0.25) is 9.89 Å². The second-order valence-corrected chi connectivity index (χ2v) is 7.38. The number of carbonyl (C=O) groups is 1. The molecule has 0 aliphatic heterocycles. The van der Waals surface area contributed by atoms with Crippen molar-refractivity contribution in [1.82, 2.24) is 15.2 Å². The van der Waals surface area contributed by atoms with Crippen LogP contribution in [0.25, 0.3) is 11.3 Å². The van der Waals surface area contributed by atoms with Crippen molar-refractivity contribution in [3.63, 3.8) is 0 Å². The van der Waals surface area contributed by atoms with Crippen LogP contribution in [0.1, 0.15) is 30.1 Å². The summed E-state index contributed by atoms with van der Waals surface area (Å²) in [5.41, 5.74) is -1.94. The summed E-state index contributed by atoms with van der Waals surface area (Å²) >= 11 is 4.74. The van der Waals surface area contributed by atoms with Crippen LogP contribution < -0.4 is 15.4 Å². The van der Waals surface area contributed by atoms with E-state index in [0.717, 1.165) is 6.42 Å². The smallest absolute Gasteiger partial charge is 0.420 e. The lowest BCUT2D eigenvalue weighted by Gasteiger charge is -2.15. The highest BCUT2D eigenvalue weighted by Gasteiger charge is 2.27. The molecule has 0 saturated heterocycles. The maximum atomic E-state index is 12.7. The van der Waals surface area contributed by atoms with Gasteiger partial charge in [-0.2, -0.15) is 5.10 Å². The third kappa shape index (κ3) is 6.63. The van der Waals surface area contributed by atoms with Gasteiger partial charge in [0.1, 0.15) is 11.6 Å². The lowest BCUT2D eigenvalue weighted by atomic mass is 10.1. The summed E-state index contributed by atoms with van der Waals surface area (Å²) in [6.07, 6.45) is 3.95. The number of benzene rings is 1. The number of aromatic amines is 1. The molecule has 0 bridgehead atoms. The topological polar surface area (TPSA) is 112 Å². The van der Waals surface area contributed by atoms with E-state index in [1.807, 2.05) is 6.92 Å². The quantitative estimate of drug-likeness (QED) is 0.329. The maximum absolute atomic E-state index is 12.7. The number of nitrogens with one attached hydrogen (secondary N) is 3. The number of carbonyl (C=O) groups excluding carboxylic acids is 1. The fourth-order valence-corrected chi connectivity index (χ4v) is 3.02. The van der Waals surface area contributed by atoms with Crippen molar-refractivity contribution in [2.45, 2.75) is 31.4 Å². The summed E-state index contributed by atoms with van der Waals surface area (Å²) in [5, 5.41) is 22.5. The Bertz CT molecular complexity index is 1030. The molecule has 3 rings (SSSR count). The molecule has 8 nitrogen and oxygen atoms in total. The van der Waals surface area contributed by atoms with E-state index in [-0.39, 0.29) is 11.3 Å². The maximum Gasteiger partial charge on any atom is 0.487 e. The molecule has 2 aromatic heterocycles. The molecule has 0 aliphatic rings. The number of amides is 1. The number of halogens is 3. The Labute approximate surface area is 188 Å². The number of H-pyrrole nitrogens is 1. The Kier molecular flexibility index (Phi) is 7.60. The number of nitrogens with zero attached hydrogens (tertiary/aromatic N) is 2. The monoisotopic (exact) mass is 465 g/mol. The summed E-state index contributed by atoms with van der Waals surface area (Å²) in [6.45, 7) is 2.29. The number of rotatable bonds is 10. The number of anilines is 2. The summed E-state index contributed by atoms with van der Waals surface area (Å²) in [7, 11) is 0. The molecule has 1 amide bonds. The summed E-state index contributed by atoms with van der Waals surface area (Å²) < 4.78 is 29.7. The van der Waals surface area contributed by atoms with E-state index < -0.39 is 17.6 Å². The van der Waals surface area contributed by atoms with Gasteiger partial charge in [0.25, 0.3) is 5.91 Å². The van der Waals surface area contributed by atoms with Gasteiger partial charge in [0, 0.05) is 41.8 Å². The van der Waals surface area contributed by atoms with Crippen LogP contribution in [-0.4, -0.2) is 44.4 Å². The molecule has 0 spiro atoms. The van der Waals surface area contributed by atoms with Crippen LogP contribution in [0.3, 0.4) is 0 Å². The second kappa shape index (κ2) is 10.4. The molecule has 11 heteroatoms. The summed E-state index contributed by atoms with van der Waals surface area (Å²) in [5.74, 6) is -0.108. The van der Waals surface area contributed by atoms with Crippen molar-refractivity contribution in [1.29, 1.82) is 0 Å². The summed E-state index contributed by atoms with van der Waals surface area (Å²) in [4.78, 5) is 17.0. The van der Waals surface area contributed by atoms with Gasteiger partial charge in [-0.1, -0.05) is 13.3 Å². The largest absolute Gasteiger partial charge is 0.487 e. The van der Waals surface area contributed by atoms with Crippen molar-refractivity contribution in [3.8, 4) is 17.0 Å². The molecule has 1 atom stereocenters. The molecule has 1 aromatic carbocycles. The first-order valence-corrected chi connectivity index (χ1v) is 10.2. The zero-order valence-corrected chi connectivity index (χ0v) is 17.9. The fraction of sp³-hybridized carbons (Fsp3) is 0.286. The number of hydrogen-bond donors (Lipinski definition) is 4. The van der Waals surface area contributed by atoms with E-state index >= 15 is 0 Å². The van der Waals surface area contributed by atoms with Gasteiger partial charge in [0.15, 0.2) is 0 Å². The number of ether oxygens (including phenoxy) is 1. The first-order valence-electron chi connectivity index (χ1n) is 9.84. The van der Waals surface area contributed by atoms with Crippen molar-refractivity contribution < 1.29 is 23.4 Å². The number of aliphatic hydroxyl groups is 1. The predicted molar refractivity (Wildman–Crippen MR) is 117 cm³/mol. The number of pyridine rings is 1. The first-order chi connectivity index (χ1) is 15.2. The third-order valence-electron chi connectivity index (χ3n) is 4.41. The Morgan fingerprint density at radius 3 is 2.69 bits per heavy atom. The van der Waals surface area contributed by atoms with E-state index in [4.69, 9.17) is 11.6 Å². The van der Waals surface area contributed by atoms with Crippen molar-refractivity contribution in [2.75, 3.05) is 17.2 Å². The molecule has 0 saturated carbocycles. The minimum Gasteiger partial charge on any atom is -0.420 e. The summed E-state index contributed by atoms with van der Waals surface area (Å²) in [6, 6.07) is 8.70. The van der Waals surface area contributed by atoms with Crippen LogP contribution in [0, 0.1) is 0 Å². The number of hydrogen-bond acceptors (Lipinski definition) is 6. The molecular formula is C21H22ClF2N5O3. The first kappa shape index (κ1) is 23.4. The van der Waals surface area contributed by atoms with Crippen LogP contribution in [0.2, 0.25) is 0 Å². The molecule has 32 heavy (non-hydrogen) atoms. The highest BCUT2D eigenvalue weighted by molar-refractivity contribution is 6.20. The zero-order valence-electron chi connectivity index (χ0n) is 17.1. The van der Waals surface area contributed by atoms with Crippen LogP contribution in [0.5, 0.6) is 5.75 Å². The average molecular weight is 466 g/mol. The van der Waals surface area contributed by atoms with E-state index in [1.54, 1.807) is 18.3 Å². The Balaban J connectivity index is 1.75. The molecule has 1 unspecified atom stereocenters. The Morgan fingerprint density at radius 2 is 2.06 bits per heavy atom. The van der Waals surface area contributed by atoms with Gasteiger partial charge in [-0.25, -0.2) is 4.98 Å². The predicted octanol–water partition coefficient (Wildman–Crippen LogP) is 4.46. The fourth-order valence-electron chi connectivity index (χ4n) is 2.93. The normalized spacial score (nSPS) is 12.3. The molecule has 170 valence electrons. The van der Waals surface area contributed by atoms with Gasteiger partial charge >= 0.3 is 5.57 Å². The molecule has 0 aliphatic carbocycles. The van der Waals surface area contributed by atoms with Gasteiger partial charge in [0.2, 0.25) is 0 Å². The van der Waals surface area contributed by atoms with E-state index in [0.29, 0.717) is 35.7 Å². The number of aliphatic hydroxyl groups excluding tert-OH is 1. The van der Waals surface area contributed by atoms with E-state index in [2.05, 4.69) is 30.6 Å². The van der Waals surface area contributed by atoms with E-state index in [1.165, 1.54) is 30.5 Å². The lowest BCUT2D eigenvalue weighted by Crippen LogP contribution is -2.20. The van der Waals surface area contributed by atoms with Crippen LogP contribution >= 0.6 is 11.6 Å². The van der Waals surface area contributed by atoms with Crippen LogP contribution in [0.15, 0.2) is 48.8 Å². The third-order valence-corrected chi connectivity index (χ3v) is 4.49. The molecular weight excluding hydrogens is 444 g/mol. The molecule has 0 fully saturated rings. The van der Waals surface area contributed by atoms with Gasteiger partial charge in [-0.05, 0) is 42.8 Å². The van der Waals surface area contributed by atoms with Crippen molar-refractivity contribution in [3.05, 3.63) is 54.4 Å². The standard InChI is InChI=1S/C21H22ClF2N5O3/c1-2-3-15(30)12-26-19-17(18-8-9-27-29-18)10-13(11-25-19)20(31)28-14-4-6-16(7-5-14)32-21(22,23)24/h4-11,15,30H,2-3,12H2,1H3,(H,25,26)(H,27,29)(H,28,31). The van der Waals surface area contributed by atoms with Crippen LogP contribution in [-0.2, 0) is 0 Å². The van der Waals surface area contributed by atoms with Crippen LogP contribution in [0.4, 0.5) is 20.3 Å². The minimum absolute atomic E-state index is 0.146. The SMILES string of the molecule is CCCC(O)CNc1ncc(C(=O)Nc2ccc(OC(F)(F)Cl)cc2)cc1-c1ccn[nH]1. The minimum atomic E-state index is -3.82. The molecule has 4 N–H and O–H groups in total. The zero-order chi connectivity index (χ0) is 23.1. The Hall–Kier alpha value is -3.24. The highest BCUT2D eigenvalue weighted by atomic mass is 35.5. The number of alkyl halides is 3. The molecule has 3 aromatic rings. The van der Waals surface area contributed by atoms with Gasteiger partial charge in [0.05, 0.1) is 17.4 Å². The average Bonchev–Trinajstić information content (AvgIpc) is 3.27. The van der Waals surface area contributed by atoms with E-state index in [9.17, 15) is 18.7 Å². The van der Waals surface area contributed by atoms with Crippen molar-refractivity contribution in [2.24, 2.45) is 0 Å². The van der Waals surface area contributed by atoms with Crippen molar-refractivity contribution >= 4 is 29.0 Å². The van der Waals surface area contributed by atoms with Gasteiger partial charge in [-0.15, -0.1) is 8.78 Å². The lowest BCUT2D eigenvalue weighted by molar-refractivity contribution is -0.0964. The number of aromatic nitrogens is 3. The molecule has 2 heterocycles.